The minimum absolute atomic E-state index is 0.608. The van der Waals surface area contributed by atoms with Crippen LogP contribution in [0.3, 0.4) is 0 Å². The first-order valence-corrected chi connectivity index (χ1v) is 6.14. The van der Waals surface area contributed by atoms with Crippen LogP contribution in [0.25, 0.3) is 0 Å². The van der Waals surface area contributed by atoms with Crippen molar-refractivity contribution >= 4 is 5.69 Å². The van der Waals surface area contributed by atoms with E-state index in [4.69, 9.17) is 0 Å². The molecule has 0 heterocycles. The SMILES string of the molecule is CCC(C)(O)CNCc1ccc(N(C)C)cc1. The maximum Gasteiger partial charge on any atom is 0.0741 e. The average molecular weight is 236 g/mol. The van der Waals surface area contributed by atoms with Gasteiger partial charge in [-0.25, -0.2) is 0 Å². The van der Waals surface area contributed by atoms with Gasteiger partial charge < -0.3 is 15.3 Å². The van der Waals surface area contributed by atoms with Crippen LogP contribution in [0.5, 0.6) is 0 Å². The molecule has 0 aliphatic heterocycles. The molecule has 1 aromatic rings. The number of benzene rings is 1. The first-order valence-electron chi connectivity index (χ1n) is 6.14. The first kappa shape index (κ1) is 14.0. The summed E-state index contributed by atoms with van der Waals surface area (Å²) in [5, 5.41) is 13.1. The van der Waals surface area contributed by atoms with Crippen LogP contribution in [0.15, 0.2) is 24.3 Å². The third kappa shape index (κ3) is 4.75. The summed E-state index contributed by atoms with van der Waals surface area (Å²) >= 11 is 0. The smallest absolute Gasteiger partial charge is 0.0741 e. The molecule has 1 rings (SSSR count). The maximum absolute atomic E-state index is 9.85. The highest BCUT2D eigenvalue weighted by Gasteiger charge is 2.16. The Bertz CT molecular complexity index is 331. The van der Waals surface area contributed by atoms with Gasteiger partial charge >= 0.3 is 0 Å². The predicted octanol–water partition coefficient (Wildman–Crippen LogP) is 2.00. The summed E-state index contributed by atoms with van der Waals surface area (Å²) in [5.74, 6) is 0. The van der Waals surface area contributed by atoms with Gasteiger partial charge in [-0.3, -0.25) is 0 Å². The highest BCUT2D eigenvalue weighted by atomic mass is 16.3. The molecule has 0 aromatic heterocycles. The first-order chi connectivity index (χ1) is 7.94. The Labute approximate surface area is 104 Å². The maximum atomic E-state index is 9.85. The van der Waals surface area contributed by atoms with Crippen molar-refractivity contribution in [1.82, 2.24) is 5.32 Å². The molecule has 96 valence electrons. The van der Waals surface area contributed by atoms with Crippen molar-refractivity contribution in [2.45, 2.75) is 32.4 Å². The fourth-order valence-electron chi connectivity index (χ4n) is 1.51. The highest BCUT2D eigenvalue weighted by molar-refractivity contribution is 5.45. The number of anilines is 1. The van der Waals surface area contributed by atoms with Crippen molar-refractivity contribution < 1.29 is 5.11 Å². The van der Waals surface area contributed by atoms with Gasteiger partial charge in [-0.2, -0.15) is 0 Å². The lowest BCUT2D eigenvalue weighted by atomic mass is 10.0. The summed E-state index contributed by atoms with van der Waals surface area (Å²) in [6.07, 6.45) is 0.763. The van der Waals surface area contributed by atoms with Gasteiger partial charge in [0.2, 0.25) is 0 Å². The molecular weight excluding hydrogens is 212 g/mol. The molecule has 1 atom stereocenters. The Morgan fingerprint density at radius 2 is 1.82 bits per heavy atom. The van der Waals surface area contributed by atoms with E-state index in [0.29, 0.717) is 6.54 Å². The minimum atomic E-state index is -0.608. The van der Waals surface area contributed by atoms with Gasteiger partial charge in [0, 0.05) is 32.9 Å². The van der Waals surface area contributed by atoms with Gasteiger partial charge in [0.15, 0.2) is 0 Å². The van der Waals surface area contributed by atoms with Crippen LogP contribution >= 0.6 is 0 Å². The summed E-state index contributed by atoms with van der Waals surface area (Å²) in [4.78, 5) is 2.08. The summed E-state index contributed by atoms with van der Waals surface area (Å²) in [7, 11) is 4.07. The van der Waals surface area contributed by atoms with E-state index in [1.54, 1.807) is 0 Å². The second kappa shape index (κ2) is 6.03. The molecule has 0 fully saturated rings. The van der Waals surface area contributed by atoms with E-state index < -0.39 is 5.60 Å². The van der Waals surface area contributed by atoms with E-state index in [9.17, 15) is 5.11 Å². The minimum Gasteiger partial charge on any atom is -0.389 e. The van der Waals surface area contributed by atoms with Crippen LogP contribution in [0.4, 0.5) is 5.69 Å². The van der Waals surface area contributed by atoms with Crippen molar-refractivity contribution in [3.63, 3.8) is 0 Å². The third-order valence-corrected chi connectivity index (χ3v) is 3.05. The largest absolute Gasteiger partial charge is 0.389 e. The zero-order valence-corrected chi connectivity index (χ0v) is 11.3. The van der Waals surface area contributed by atoms with Crippen molar-refractivity contribution in [3.05, 3.63) is 29.8 Å². The number of nitrogens with one attached hydrogen (secondary N) is 1. The van der Waals surface area contributed by atoms with E-state index in [2.05, 4.69) is 34.5 Å². The van der Waals surface area contributed by atoms with Crippen LogP contribution in [0.1, 0.15) is 25.8 Å². The molecule has 2 N–H and O–H groups in total. The van der Waals surface area contributed by atoms with Gasteiger partial charge in [0.25, 0.3) is 0 Å². The average Bonchev–Trinajstić information content (AvgIpc) is 2.29. The fraction of sp³-hybridized carbons (Fsp3) is 0.571. The van der Waals surface area contributed by atoms with E-state index in [0.717, 1.165) is 13.0 Å². The normalized spacial score (nSPS) is 14.4. The molecule has 0 saturated heterocycles. The lowest BCUT2D eigenvalue weighted by Crippen LogP contribution is -2.36. The topological polar surface area (TPSA) is 35.5 Å². The lowest BCUT2D eigenvalue weighted by molar-refractivity contribution is 0.0555. The Kier molecular flexibility index (Phi) is 4.97. The van der Waals surface area contributed by atoms with Crippen molar-refractivity contribution in [3.8, 4) is 0 Å². The van der Waals surface area contributed by atoms with Crippen LogP contribution in [0.2, 0.25) is 0 Å². The molecule has 0 bridgehead atoms. The van der Waals surface area contributed by atoms with Crippen LogP contribution in [-0.2, 0) is 6.54 Å². The van der Waals surface area contributed by atoms with E-state index >= 15 is 0 Å². The fourth-order valence-corrected chi connectivity index (χ4v) is 1.51. The molecule has 1 aromatic carbocycles. The van der Waals surface area contributed by atoms with E-state index in [1.165, 1.54) is 11.3 Å². The van der Waals surface area contributed by atoms with Crippen LogP contribution < -0.4 is 10.2 Å². The predicted molar refractivity (Wildman–Crippen MR) is 73.4 cm³/mol. The second-order valence-electron chi connectivity index (χ2n) is 5.01. The molecule has 0 aliphatic carbocycles. The summed E-state index contributed by atoms with van der Waals surface area (Å²) in [5.41, 5.74) is 1.83. The molecular formula is C14H24N2O. The molecule has 0 aliphatic rings. The second-order valence-corrected chi connectivity index (χ2v) is 5.01. The number of rotatable bonds is 6. The van der Waals surface area contributed by atoms with Crippen LogP contribution in [-0.4, -0.2) is 31.3 Å². The number of hydrogen-bond acceptors (Lipinski definition) is 3. The molecule has 0 radical (unpaired) electrons. The van der Waals surface area contributed by atoms with Gasteiger partial charge in [-0.05, 0) is 31.0 Å². The quantitative estimate of drug-likeness (QED) is 0.793. The Balaban J connectivity index is 2.42. The lowest BCUT2D eigenvalue weighted by Gasteiger charge is -2.21. The number of aliphatic hydroxyl groups is 1. The summed E-state index contributed by atoms with van der Waals surface area (Å²) in [6.45, 7) is 5.27. The van der Waals surface area contributed by atoms with Gasteiger partial charge in [0.1, 0.15) is 0 Å². The molecule has 3 heteroatoms. The summed E-state index contributed by atoms with van der Waals surface area (Å²) in [6, 6.07) is 8.44. The van der Waals surface area contributed by atoms with Crippen LogP contribution in [0, 0.1) is 0 Å². The molecule has 1 unspecified atom stereocenters. The van der Waals surface area contributed by atoms with Crippen molar-refractivity contribution in [2.75, 3.05) is 25.5 Å². The Hall–Kier alpha value is -1.06. The van der Waals surface area contributed by atoms with Gasteiger partial charge in [-0.1, -0.05) is 19.1 Å². The Morgan fingerprint density at radius 1 is 1.24 bits per heavy atom. The van der Waals surface area contributed by atoms with Gasteiger partial charge in [0.05, 0.1) is 5.60 Å². The van der Waals surface area contributed by atoms with Gasteiger partial charge in [-0.15, -0.1) is 0 Å². The Morgan fingerprint density at radius 3 is 2.29 bits per heavy atom. The highest BCUT2D eigenvalue weighted by Crippen LogP contribution is 2.12. The number of nitrogens with zero attached hydrogens (tertiary/aromatic N) is 1. The standard InChI is InChI=1S/C14H24N2O/c1-5-14(2,17)11-15-10-12-6-8-13(9-7-12)16(3)4/h6-9,15,17H,5,10-11H2,1-4H3. The molecule has 3 nitrogen and oxygen atoms in total. The molecule has 17 heavy (non-hydrogen) atoms. The molecule has 0 spiro atoms. The monoisotopic (exact) mass is 236 g/mol. The zero-order chi connectivity index (χ0) is 12.9. The zero-order valence-electron chi connectivity index (χ0n) is 11.3. The molecule has 0 amide bonds. The van der Waals surface area contributed by atoms with Crippen molar-refractivity contribution in [1.29, 1.82) is 0 Å². The van der Waals surface area contributed by atoms with E-state index in [1.807, 2.05) is 27.9 Å². The van der Waals surface area contributed by atoms with E-state index in [-0.39, 0.29) is 0 Å². The van der Waals surface area contributed by atoms with Crippen molar-refractivity contribution in [2.24, 2.45) is 0 Å². The third-order valence-electron chi connectivity index (χ3n) is 3.05. The molecule has 0 saturated carbocycles. The number of hydrogen-bond donors (Lipinski definition) is 2. The summed E-state index contributed by atoms with van der Waals surface area (Å²) < 4.78 is 0.